The Kier molecular flexibility index (Phi) is 7.23. The van der Waals surface area contributed by atoms with Gasteiger partial charge in [0.2, 0.25) is 5.91 Å². The SMILES string of the molecule is Cc1cc(C)cc(N(CCC#N)C(=O)CN(Cc2ccco2)Cc2cccs2)c1. The van der Waals surface area contributed by atoms with E-state index in [4.69, 9.17) is 9.68 Å². The molecule has 1 aromatic carbocycles. The fourth-order valence-electron chi connectivity index (χ4n) is 3.36. The smallest absolute Gasteiger partial charge is 0.241 e. The van der Waals surface area contributed by atoms with E-state index in [1.807, 2.05) is 49.6 Å². The van der Waals surface area contributed by atoms with Crippen molar-refractivity contribution in [1.82, 2.24) is 4.90 Å². The van der Waals surface area contributed by atoms with E-state index in [1.165, 1.54) is 4.88 Å². The van der Waals surface area contributed by atoms with E-state index in [1.54, 1.807) is 22.5 Å². The number of amides is 1. The van der Waals surface area contributed by atoms with Crippen molar-refractivity contribution in [2.45, 2.75) is 33.4 Å². The number of benzene rings is 1. The van der Waals surface area contributed by atoms with Crippen LogP contribution in [-0.4, -0.2) is 23.9 Å². The van der Waals surface area contributed by atoms with Crippen LogP contribution in [0.3, 0.4) is 0 Å². The van der Waals surface area contributed by atoms with Crippen molar-refractivity contribution in [3.8, 4) is 6.07 Å². The second kappa shape index (κ2) is 10.1. The normalized spacial score (nSPS) is 10.8. The van der Waals surface area contributed by atoms with Gasteiger partial charge in [0.1, 0.15) is 5.76 Å². The van der Waals surface area contributed by atoms with Gasteiger partial charge < -0.3 is 9.32 Å². The molecule has 3 rings (SSSR count). The zero-order chi connectivity index (χ0) is 20.6. The Morgan fingerprint density at radius 2 is 1.93 bits per heavy atom. The van der Waals surface area contributed by atoms with Gasteiger partial charge >= 0.3 is 0 Å². The molecule has 0 aliphatic carbocycles. The van der Waals surface area contributed by atoms with Gasteiger partial charge in [-0.15, -0.1) is 11.3 Å². The summed E-state index contributed by atoms with van der Waals surface area (Å²) in [6, 6.07) is 16.1. The summed E-state index contributed by atoms with van der Waals surface area (Å²) in [6.07, 6.45) is 1.94. The van der Waals surface area contributed by atoms with Gasteiger partial charge in [0, 0.05) is 23.7 Å². The minimum atomic E-state index is -0.0200. The largest absolute Gasteiger partial charge is 0.468 e. The van der Waals surface area contributed by atoms with Crippen molar-refractivity contribution in [3.63, 3.8) is 0 Å². The summed E-state index contributed by atoms with van der Waals surface area (Å²) < 4.78 is 5.50. The summed E-state index contributed by atoms with van der Waals surface area (Å²) >= 11 is 1.67. The lowest BCUT2D eigenvalue weighted by Gasteiger charge is -2.27. The zero-order valence-electron chi connectivity index (χ0n) is 16.8. The molecule has 0 bridgehead atoms. The maximum atomic E-state index is 13.3. The van der Waals surface area contributed by atoms with E-state index in [2.05, 4.69) is 23.1 Å². The fourth-order valence-corrected chi connectivity index (χ4v) is 4.10. The van der Waals surface area contributed by atoms with Crippen molar-refractivity contribution in [2.75, 3.05) is 18.0 Å². The molecule has 3 aromatic rings. The predicted molar refractivity (Wildman–Crippen MR) is 116 cm³/mol. The number of rotatable bonds is 9. The van der Waals surface area contributed by atoms with Crippen molar-refractivity contribution in [3.05, 3.63) is 75.9 Å². The van der Waals surface area contributed by atoms with Crippen LogP contribution in [-0.2, 0) is 17.9 Å². The summed E-state index contributed by atoms with van der Waals surface area (Å²) in [5, 5.41) is 11.1. The van der Waals surface area contributed by atoms with Gasteiger partial charge in [0.05, 0.1) is 31.8 Å². The van der Waals surface area contributed by atoms with E-state index >= 15 is 0 Å². The summed E-state index contributed by atoms with van der Waals surface area (Å²) in [7, 11) is 0. The number of nitriles is 1. The molecular weight excluding hydrogens is 382 g/mol. The Balaban J connectivity index is 1.80. The van der Waals surface area contributed by atoms with Crippen LogP contribution in [0, 0.1) is 25.2 Å². The quantitative estimate of drug-likeness (QED) is 0.506. The second-order valence-corrected chi connectivity index (χ2v) is 8.14. The molecule has 0 N–H and O–H groups in total. The summed E-state index contributed by atoms with van der Waals surface area (Å²) in [5.74, 6) is 0.803. The number of hydrogen-bond acceptors (Lipinski definition) is 5. The lowest BCUT2D eigenvalue weighted by atomic mass is 10.1. The Hall–Kier alpha value is -2.88. The van der Waals surface area contributed by atoms with Crippen molar-refractivity contribution >= 4 is 22.9 Å². The molecule has 0 radical (unpaired) electrons. The van der Waals surface area contributed by atoms with Gasteiger partial charge in [-0.3, -0.25) is 9.69 Å². The molecule has 0 aliphatic heterocycles. The van der Waals surface area contributed by atoms with Crippen LogP contribution in [0.5, 0.6) is 0 Å². The molecule has 0 saturated heterocycles. The van der Waals surface area contributed by atoms with Crippen LogP contribution in [0.25, 0.3) is 0 Å². The number of furan rings is 1. The third-order valence-electron chi connectivity index (χ3n) is 4.54. The van der Waals surface area contributed by atoms with Crippen molar-refractivity contribution < 1.29 is 9.21 Å². The van der Waals surface area contributed by atoms with Crippen LogP contribution >= 0.6 is 11.3 Å². The average Bonchev–Trinajstić information content (AvgIpc) is 3.35. The highest BCUT2D eigenvalue weighted by molar-refractivity contribution is 7.09. The molecule has 150 valence electrons. The zero-order valence-corrected chi connectivity index (χ0v) is 17.6. The molecule has 2 aromatic heterocycles. The fraction of sp³-hybridized carbons (Fsp3) is 0.304. The Morgan fingerprint density at radius 3 is 2.55 bits per heavy atom. The van der Waals surface area contributed by atoms with Crippen molar-refractivity contribution in [1.29, 1.82) is 5.26 Å². The van der Waals surface area contributed by atoms with Crippen LogP contribution in [0.1, 0.15) is 28.2 Å². The van der Waals surface area contributed by atoms with Gasteiger partial charge in [-0.2, -0.15) is 5.26 Å². The Labute approximate surface area is 175 Å². The summed E-state index contributed by atoms with van der Waals surface area (Å²) in [4.78, 5) is 18.3. The first-order chi connectivity index (χ1) is 14.0. The molecule has 0 spiro atoms. The van der Waals surface area contributed by atoms with E-state index in [9.17, 15) is 4.79 Å². The molecule has 0 fully saturated rings. The maximum Gasteiger partial charge on any atom is 0.241 e. The predicted octanol–water partition coefficient (Wildman–Crippen LogP) is 4.91. The number of carbonyl (C=O) groups is 1. The van der Waals surface area contributed by atoms with Gasteiger partial charge in [-0.1, -0.05) is 12.1 Å². The van der Waals surface area contributed by atoms with E-state index in [-0.39, 0.29) is 12.5 Å². The molecule has 1 amide bonds. The maximum absolute atomic E-state index is 13.3. The van der Waals surface area contributed by atoms with Crippen LogP contribution in [0.15, 0.2) is 58.5 Å². The third-order valence-corrected chi connectivity index (χ3v) is 5.41. The monoisotopic (exact) mass is 407 g/mol. The van der Waals surface area contributed by atoms with Gasteiger partial charge in [-0.25, -0.2) is 0 Å². The molecule has 2 heterocycles. The van der Waals surface area contributed by atoms with Crippen LogP contribution < -0.4 is 4.90 Å². The lowest BCUT2D eigenvalue weighted by molar-refractivity contribution is -0.120. The molecule has 29 heavy (non-hydrogen) atoms. The van der Waals surface area contributed by atoms with Gasteiger partial charge in [0.25, 0.3) is 0 Å². The highest BCUT2D eigenvalue weighted by atomic mass is 32.1. The van der Waals surface area contributed by atoms with Crippen molar-refractivity contribution in [2.24, 2.45) is 0 Å². The van der Waals surface area contributed by atoms with Crippen LogP contribution in [0.2, 0.25) is 0 Å². The number of nitrogens with zero attached hydrogens (tertiary/aromatic N) is 3. The van der Waals surface area contributed by atoms with Gasteiger partial charge in [0.15, 0.2) is 0 Å². The van der Waals surface area contributed by atoms with E-state index in [0.717, 1.165) is 22.6 Å². The molecule has 5 nitrogen and oxygen atoms in total. The molecular formula is C23H25N3O2S. The molecule has 0 atom stereocenters. The minimum Gasteiger partial charge on any atom is -0.468 e. The topological polar surface area (TPSA) is 60.5 Å². The van der Waals surface area contributed by atoms with E-state index < -0.39 is 0 Å². The number of carbonyl (C=O) groups excluding carboxylic acids is 1. The minimum absolute atomic E-state index is 0.0200. The molecule has 0 saturated carbocycles. The molecule has 0 aliphatic rings. The second-order valence-electron chi connectivity index (χ2n) is 7.10. The Bertz CT molecular complexity index is 902. The third kappa shape index (κ3) is 6.05. The first-order valence-electron chi connectivity index (χ1n) is 9.58. The first kappa shape index (κ1) is 20.8. The summed E-state index contributed by atoms with van der Waals surface area (Å²) in [6.45, 7) is 5.88. The number of hydrogen-bond donors (Lipinski definition) is 0. The van der Waals surface area contributed by atoms with Crippen LogP contribution in [0.4, 0.5) is 5.69 Å². The average molecular weight is 408 g/mol. The highest BCUT2D eigenvalue weighted by Crippen LogP contribution is 2.21. The molecule has 6 heteroatoms. The number of anilines is 1. The number of thiophene rings is 1. The number of aryl methyl sites for hydroxylation is 2. The van der Waals surface area contributed by atoms with E-state index in [0.29, 0.717) is 26.1 Å². The molecule has 0 unspecified atom stereocenters. The highest BCUT2D eigenvalue weighted by Gasteiger charge is 2.21. The summed E-state index contributed by atoms with van der Waals surface area (Å²) in [5.41, 5.74) is 3.04. The standard InChI is InChI=1S/C23H25N3O2S/c1-18-12-19(2)14-20(13-18)26(9-5-8-24)23(27)17-25(15-21-6-3-10-28-21)16-22-7-4-11-29-22/h3-4,6-7,10-14H,5,9,15-17H2,1-2H3. The van der Waals surface area contributed by atoms with Gasteiger partial charge in [-0.05, 0) is 60.7 Å². The lowest BCUT2D eigenvalue weighted by Crippen LogP contribution is -2.40. The first-order valence-corrected chi connectivity index (χ1v) is 10.5. The Morgan fingerprint density at radius 1 is 1.14 bits per heavy atom.